The van der Waals surface area contributed by atoms with Gasteiger partial charge in [-0.1, -0.05) is 30.3 Å². The SMILES string of the molecule is Cl.O=C1C2CCCNC2C(=O)N1Cc1ccccc1. The minimum atomic E-state index is -0.282. The van der Waals surface area contributed by atoms with E-state index in [1.54, 1.807) is 0 Å². The molecule has 1 aromatic rings. The van der Waals surface area contributed by atoms with Crippen molar-refractivity contribution in [2.75, 3.05) is 6.54 Å². The highest BCUT2D eigenvalue weighted by molar-refractivity contribution is 6.07. The zero-order valence-corrected chi connectivity index (χ0v) is 11.4. The predicted molar refractivity (Wildman–Crippen MR) is 73.8 cm³/mol. The van der Waals surface area contributed by atoms with Crippen LogP contribution in [0.1, 0.15) is 18.4 Å². The molecule has 4 nitrogen and oxygen atoms in total. The fraction of sp³-hybridized carbons (Fsp3) is 0.429. The maximum atomic E-state index is 12.2. The first-order valence-corrected chi connectivity index (χ1v) is 6.40. The van der Waals surface area contributed by atoms with Crippen LogP contribution in [0.5, 0.6) is 0 Å². The quantitative estimate of drug-likeness (QED) is 0.832. The summed E-state index contributed by atoms with van der Waals surface area (Å²) in [6.45, 7) is 1.23. The Morgan fingerprint density at radius 2 is 1.89 bits per heavy atom. The standard InChI is InChI=1S/C14H16N2O2.ClH/c17-13-11-7-4-8-15-12(11)14(18)16(13)9-10-5-2-1-3-6-10;/h1-3,5-6,11-12,15H,4,7-9H2;1H. The molecule has 0 spiro atoms. The summed E-state index contributed by atoms with van der Waals surface area (Å²) in [5.41, 5.74) is 0.998. The van der Waals surface area contributed by atoms with Gasteiger partial charge in [-0.25, -0.2) is 0 Å². The average Bonchev–Trinajstić information content (AvgIpc) is 2.66. The van der Waals surface area contributed by atoms with Gasteiger partial charge in [-0.05, 0) is 24.9 Å². The predicted octanol–water partition coefficient (Wildman–Crippen LogP) is 1.35. The lowest BCUT2D eigenvalue weighted by molar-refractivity contribution is -0.140. The highest BCUT2D eigenvalue weighted by atomic mass is 35.5. The first kappa shape index (κ1) is 14.0. The Morgan fingerprint density at radius 1 is 1.16 bits per heavy atom. The first-order valence-electron chi connectivity index (χ1n) is 6.40. The molecule has 3 rings (SSSR count). The Morgan fingerprint density at radius 3 is 2.58 bits per heavy atom. The summed E-state index contributed by atoms with van der Waals surface area (Å²) in [4.78, 5) is 25.8. The summed E-state index contributed by atoms with van der Waals surface area (Å²) >= 11 is 0. The molecule has 2 atom stereocenters. The largest absolute Gasteiger partial charge is 0.305 e. The van der Waals surface area contributed by atoms with Crippen molar-refractivity contribution in [3.8, 4) is 0 Å². The summed E-state index contributed by atoms with van der Waals surface area (Å²) in [7, 11) is 0. The van der Waals surface area contributed by atoms with Gasteiger partial charge in [0.25, 0.3) is 0 Å². The number of piperidine rings is 1. The lowest BCUT2D eigenvalue weighted by Gasteiger charge is -2.21. The van der Waals surface area contributed by atoms with Gasteiger partial charge < -0.3 is 5.32 Å². The van der Waals surface area contributed by atoms with Crippen LogP contribution >= 0.6 is 12.4 Å². The number of fused-ring (bicyclic) bond motifs is 1. The van der Waals surface area contributed by atoms with Crippen molar-refractivity contribution in [3.05, 3.63) is 35.9 Å². The van der Waals surface area contributed by atoms with E-state index in [0.29, 0.717) is 6.54 Å². The third kappa shape index (κ3) is 2.51. The second-order valence-corrected chi connectivity index (χ2v) is 4.93. The number of imide groups is 1. The van der Waals surface area contributed by atoms with E-state index in [1.807, 2.05) is 30.3 Å². The van der Waals surface area contributed by atoms with E-state index in [9.17, 15) is 9.59 Å². The van der Waals surface area contributed by atoms with Gasteiger partial charge in [-0.2, -0.15) is 0 Å². The average molecular weight is 281 g/mol. The Bertz CT molecular complexity index is 454. The number of carbonyl (C=O) groups is 2. The highest BCUT2D eigenvalue weighted by Crippen LogP contribution is 2.28. The molecule has 2 heterocycles. The van der Waals surface area contributed by atoms with Crippen LogP contribution < -0.4 is 5.32 Å². The molecule has 2 fully saturated rings. The maximum absolute atomic E-state index is 12.2. The molecule has 2 aliphatic rings. The normalized spacial score (nSPS) is 26.0. The van der Waals surface area contributed by atoms with Gasteiger partial charge in [0.15, 0.2) is 0 Å². The van der Waals surface area contributed by atoms with Crippen molar-refractivity contribution in [1.82, 2.24) is 10.2 Å². The van der Waals surface area contributed by atoms with Crippen LogP contribution in [0.15, 0.2) is 30.3 Å². The number of nitrogens with zero attached hydrogens (tertiary/aromatic N) is 1. The van der Waals surface area contributed by atoms with Crippen molar-refractivity contribution >= 4 is 24.2 Å². The van der Waals surface area contributed by atoms with Gasteiger partial charge in [-0.15, -0.1) is 12.4 Å². The van der Waals surface area contributed by atoms with E-state index >= 15 is 0 Å². The number of rotatable bonds is 2. The maximum Gasteiger partial charge on any atom is 0.247 e. The zero-order chi connectivity index (χ0) is 12.5. The third-order valence-corrected chi connectivity index (χ3v) is 3.76. The third-order valence-electron chi connectivity index (χ3n) is 3.76. The summed E-state index contributed by atoms with van der Waals surface area (Å²) < 4.78 is 0. The molecule has 19 heavy (non-hydrogen) atoms. The number of likely N-dealkylation sites (tertiary alicyclic amines) is 1. The molecule has 2 aliphatic heterocycles. The van der Waals surface area contributed by atoms with E-state index in [-0.39, 0.29) is 36.2 Å². The van der Waals surface area contributed by atoms with Gasteiger partial charge in [0.2, 0.25) is 11.8 Å². The fourth-order valence-electron chi connectivity index (χ4n) is 2.81. The number of hydrogen-bond acceptors (Lipinski definition) is 3. The monoisotopic (exact) mass is 280 g/mol. The van der Waals surface area contributed by atoms with Gasteiger partial charge >= 0.3 is 0 Å². The summed E-state index contributed by atoms with van der Waals surface area (Å²) in [6, 6.07) is 9.37. The molecule has 5 heteroatoms. The number of nitrogens with one attached hydrogen (secondary N) is 1. The Kier molecular flexibility index (Phi) is 4.22. The molecular formula is C14H17ClN2O2. The molecule has 0 aromatic heterocycles. The van der Waals surface area contributed by atoms with Crippen molar-refractivity contribution in [1.29, 1.82) is 0 Å². The van der Waals surface area contributed by atoms with Crippen molar-refractivity contribution in [2.45, 2.75) is 25.4 Å². The number of halogens is 1. The molecule has 2 amide bonds. The highest BCUT2D eigenvalue weighted by Gasteiger charge is 2.48. The molecule has 1 N–H and O–H groups in total. The van der Waals surface area contributed by atoms with E-state index in [2.05, 4.69) is 5.32 Å². The number of benzene rings is 1. The summed E-state index contributed by atoms with van der Waals surface area (Å²) in [5.74, 6) is -0.218. The van der Waals surface area contributed by atoms with Crippen LogP contribution in [0.2, 0.25) is 0 Å². The van der Waals surface area contributed by atoms with E-state index in [0.717, 1.165) is 24.9 Å². The molecule has 2 saturated heterocycles. The lowest BCUT2D eigenvalue weighted by Crippen LogP contribution is -2.44. The van der Waals surface area contributed by atoms with Crippen LogP contribution in [0.4, 0.5) is 0 Å². The van der Waals surface area contributed by atoms with Gasteiger partial charge in [-0.3, -0.25) is 14.5 Å². The molecule has 2 unspecified atom stereocenters. The molecule has 102 valence electrons. The van der Waals surface area contributed by atoms with Gasteiger partial charge in [0.1, 0.15) is 0 Å². The zero-order valence-electron chi connectivity index (χ0n) is 10.5. The van der Waals surface area contributed by atoms with Crippen LogP contribution in [-0.2, 0) is 16.1 Å². The van der Waals surface area contributed by atoms with E-state index < -0.39 is 0 Å². The molecule has 0 aliphatic carbocycles. The van der Waals surface area contributed by atoms with Crippen LogP contribution in [0, 0.1) is 5.92 Å². The van der Waals surface area contributed by atoms with Crippen LogP contribution in [0.25, 0.3) is 0 Å². The second-order valence-electron chi connectivity index (χ2n) is 4.93. The smallest absolute Gasteiger partial charge is 0.247 e. The van der Waals surface area contributed by atoms with E-state index in [4.69, 9.17) is 0 Å². The Balaban J connectivity index is 0.00000133. The Labute approximate surface area is 118 Å². The molecule has 0 saturated carbocycles. The number of hydrogen-bond donors (Lipinski definition) is 1. The number of carbonyl (C=O) groups excluding carboxylic acids is 2. The van der Waals surface area contributed by atoms with Gasteiger partial charge in [0, 0.05) is 0 Å². The lowest BCUT2D eigenvalue weighted by atomic mass is 9.93. The molecular weight excluding hydrogens is 264 g/mol. The van der Waals surface area contributed by atoms with E-state index in [1.165, 1.54) is 4.90 Å². The molecule has 1 aromatic carbocycles. The van der Waals surface area contributed by atoms with Crippen LogP contribution in [-0.4, -0.2) is 29.3 Å². The molecule has 0 radical (unpaired) electrons. The minimum Gasteiger partial charge on any atom is -0.305 e. The topological polar surface area (TPSA) is 49.4 Å². The second kappa shape index (κ2) is 5.72. The minimum absolute atomic E-state index is 0. The number of amides is 2. The Hall–Kier alpha value is -1.39. The fourth-order valence-corrected chi connectivity index (χ4v) is 2.81. The summed E-state index contributed by atoms with van der Waals surface area (Å²) in [6.07, 6.45) is 1.80. The van der Waals surface area contributed by atoms with Crippen molar-refractivity contribution in [2.24, 2.45) is 5.92 Å². The van der Waals surface area contributed by atoms with Crippen LogP contribution in [0.3, 0.4) is 0 Å². The van der Waals surface area contributed by atoms with Crippen molar-refractivity contribution in [3.63, 3.8) is 0 Å². The van der Waals surface area contributed by atoms with Gasteiger partial charge in [0.05, 0.1) is 18.5 Å². The first-order chi connectivity index (χ1) is 8.77. The summed E-state index contributed by atoms with van der Waals surface area (Å²) in [5, 5.41) is 3.16. The molecule has 0 bridgehead atoms. The van der Waals surface area contributed by atoms with Crippen molar-refractivity contribution < 1.29 is 9.59 Å².